The molecule has 1 fully saturated rings. The van der Waals surface area contributed by atoms with Crippen LogP contribution in [-0.4, -0.2) is 35.9 Å². The molecule has 0 radical (unpaired) electrons. The van der Waals surface area contributed by atoms with Gasteiger partial charge in [0.1, 0.15) is 17.2 Å². The normalized spacial score (nSPS) is 24.3. The third kappa shape index (κ3) is 3.59. The third-order valence-electron chi connectivity index (χ3n) is 5.73. The van der Waals surface area contributed by atoms with E-state index in [2.05, 4.69) is 5.32 Å². The molecule has 2 aliphatic rings. The maximum absolute atomic E-state index is 13.2. The van der Waals surface area contributed by atoms with Crippen LogP contribution in [0, 0.1) is 5.82 Å². The highest BCUT2D eigenvalue weighted by molar-refractivity contribution is 5.94. The average Bonchev–Trinajstić information content (AvgIpc) is 2.83. The molecule has 2 aromatic rings. The van der Waals surface area contributed by atoms with E-state index in [1.807, 2.05) is 31.3 Å². The van der Waals surface area contributed by atoms with Crippen LogP contribution in [0.1, 0.15) is 47.6 Å². The molecule has 4 rings (SSSR count). The van der Waals surface area contributed by atoms with Gasteiger partial charge in [-0.3, -0.25) is 9.59 Å². The van der Waals surface area contributed by atoms with Crippen LogP contribution in [0.4, 0.5) is 4.39 Å². The van der Waals surface area contributed by atoms with Gasteiger partial charge in [0.05, 0.1) is 6.04 Å². The second-order valence-electron chi connectivity index (χ2n) is 7.63. The van der Waals surface area contributed by atoms with Gasteiger partial charge in [-0.1, -0.05) is 18.2 Å². The van der Waals surface area contributed by atoms with Gasteiger partial charge < -0.3 is 15.0 Å². The smallest absolute Gasteiger partial charge is 0.251 e. The number of benzene rings is 2. The largest absolute Gasteiger partial charge is 0.487 e. The Balaban J connectivity index is 1.61. The van der Waals surface area contributed by atoms with Crippen LogP contribution < -0.4 is 10.1 Å². The van der Waals surface area contributed by atoms with Crippen LogP contribution in [0.2, 0.25) is 0 Å². The van der Waals surface area contributed by atoms with Crippen LogP contribution in [0.5, 0.6) is 5.75 Å². The Bertz CT molecular complexity index is 899. The second kappa shape index (κ2) is 7.26. The van der Waals surface area contributed by atoms with E-state index in [9.17, 15) is 14.0 Å². The number of carbonyl (C=O) groups is 2. The molecule has 28 heavy (non-hydrogen) atoms. The molecular formula is C22H23FN2O3. The lowest BCUT2D eigenvalue weighted by Crippen LogP contribution is -2.45. The maximum Gasteiger partial charge on any atom is 0.251 e. The number of hydrogen-bond acceptors (Lipinski definition) is 3. The maximum atomic E-state index is 13.2. The summed E-state index contributed by atoms with van der Waals surface area (Å²) in [4.78, 5) is 26.6. The van der Waals surface area contributed by atoms with E-state index in [4.69, 9.17) is 4.74 Å². The summed E-state index contributed by atoms with van der Waals surface area (Å²) in [6.07, 6.45) is 2.36. The summed E-state index contributed by atoms with van der Waals surface area (Å²) in [5, 5.41) is 3.09. The van der Waals surface area contributed by atoms with Gasteiger partial charge in [0.25, 0.3) is 5.91 Å². The first-order chi connectivity index (χ1) is 13.5. The van der Waals surface area contributed by atoms with Gasteiger partial charge in [-0.15, -0.1) is 0 Å². The Morgan fingerprint density at radius 2 is 1.93 bits per heavy atom. The zero-order chi connectivity index (χ0) is 19.7. The van der Waals surface area contributed by atoms with E-state index >= 15 is 0 Å². The minimum Gasteiger partial charge on any atom is -0.487 e. The van der Waals surface area contributed by atoms with Crippen molar-refractivity contribution in [1.82, 2.24) is 10.2 Å². The van der Waals surface area contributed by atoms with E-state index in [-0.39, 0.29) is 23.7 Å². The predicted molar refractivity (Wildman–Crippen MR) is 103 cm³/mol. The summed E-state index contributed by atoms with van der Waals surface area (Å²) in [6.45, 7) is 0.625. The number of likely N-dealkylation sites (tertiary alicyclic amines) is 1. The van der Waals surface area contributed by atoms with Gasteiger partial charge in [-0.2, -0.15) is 0 Å². The van der Waals surface area contributed by atoms with E-state index in [0.29, 0.717) is 37.8 Å². The number of nitrogens with one attached hydrogen (secondary N) is 1. The first-order valence-electron chi connectivity index (χ1n) is 9.54. The molecule has 5 nitrogen and oxygen atoms in total. The minimum atomic E-state index is -0.491. The van der Waals surface area contributed by atoms with Gasteiger partial charge in [0.15, 0.2) is 0 Å². The number of halogens is 1. The summed E-state index contributed by atoms with van der Waals surface area (Å²) in [7, 11) is 1.81. The van der Waals surface area contributed by atoms with Crippen LogP contribution in [-0.2, 0) is 4.79 Å². The summed E-state index contributed by atoms with van der Waals surface area (Å²) < 4.78 is 19.6. The van der Waals surface area contributed by atoms with Crippen molar-refractivity contribution >= 4 is 11.8 Å². The van der Waals surface area contributed by atoms with Gasteiger partial charge in [-0.05, 0) is 36.8 Å². The molecular weight excluding hydrogens is 359 g/mol. The van der Waals surface area contributed by atoms with Crippen LogP contribution in [0.25, 0.3) is 0 Å². The van der Waals surface area contributed by atoms with E-state index in [1.54, 1.807) is 4.90 Å². The molecule has 0 aliphatic carbocycles. The van der Waals surface area contributed by atoms with Gasteiger partial charge in [0.2, 0.25) is 5.91 Å². The zero-order valence-corrected chi connectivity index (χ0v) is 15.8. The quantitative estimate of drug-likeness (QED) is 0.865. The molecule has 2 amide bonds. The van der Waals surface area contributed by atoms with Crippen molar-refractivity contribution in [2.45, 2.75) is 37.3 Å². The van der Waals surface area contributed by atoms with Crippen molar-refractivity contribution in [1.29, 1.82) is 0 Å². The number of amides is 2. The molecule has 146 valence electrons. The molecule has 0 aromatic heterocycles. The van der Waals surface area contributed by atoms with E-state index in [0.717, 1.165) is 11.3 Å². The van der Waals surface area contributed by atoms with Gasteiger partial charge >= 0.3 is 0 Å². The number of para-hydroxylation sites is 1. The first-order valence-corrected chi connectivity index (χ1v) is 9.54. The molecule has 2 heterocycles. The van der Waals surface area contributed by atoms with Gasteiger partial charge in [0, 0.05) is 44.0 Å². The first kappa shape index (κ1) is 18.5. The number of rotatable bonds is 2. The monoisotopic (exact) mass is 382 g/mol. The Hall–Kier alpha value is -2.89. The van der Waals surface area contributed by atoms with Crippen LogP contribution in [0.15, 0.2) is 48.5 Å². The predicted octanol–water partition coefficient (Wildman–Crippen LogP) is 3.46. The lowest BCUT2D eigenvalue weighted by molar-refractivity contribution is -0.129. The standard InChI is InChI=1S/C22H23FN2O3/c1-25-13-12-22(11-10-20(25)26)14-18(17-4-2-3-5-19(17)28-22)24-21(27)15-6-8-16(23)9-7-15/h2-9,18H,10-14H2,1H3,(H,24,27). The van der Waals surface area contributed by atoms with Gasteiger partial charge in [-0.25, -0.2) is 4.39 Å². The fourth-order valence-electron chi connectivity index (χ4n) is 4.04. The number of hydrogen-bond donors (Lipinski definition) is 1. The van der Waals surface area contributed by atoms with E-state index in [1.165, 1.54) is 24.3 Å². The number of carbonyl (C=O) groups excluding carboxylic acids is 2. The average molecular weight is 382 g/mol. The topological polar surface area (TPSA) is 58.6 Å². The van der Waals surface area contributed by atoms with Crippen molar-refractivity contribution in [3.8, 4) is 5.75 Å². The summed E-state index contributed by atoms with van der Waals surface area (Å²) >= 11 is 0. The fourth-order valence-corrected chi connectivity index (χ4v) is 4.04. The highest BCUT2D eigenvalue weighted by Gasteiger charge is 2.43. The zero-order valence-electron chi connectivity index (χ0n) is 15.8. The number of ether oxygens (including phenoxy) is 1. The molecule has 1 spiro atoms. The molecule has 2 aromatic carbocycles. The molecule has 1 N–H and O–H groups in total. The Morgan fingerprint density at radius 3 is 2.71 bits per heavy atom. The van der Waals surface area contributed by atoms with Crippen molar-refractivity contribution < 1.29 is 18.7 Å². The Morgan fingerprint density at radius 1 is 1.18 bits per heavy atom. The highest BCUT2D eigenvalue weighted by Crippen LogP contribution is 2.44. The Kier molecular flexibility index (Phi) is 4.79. The van der Waals surface area contributed by atoms with Crippen molar-refractivity contribution in [2.24, 2.45) is 0 Å². The summed E-state index contributed by atoms with van der Waals surface area (Å²) in [6, 6.07) is 13.0. The van der Waals surface area contributed by atoms with Crippen molar-refractivity contribution in [3.63, 3.8) is 0 Å². The second-order valence-corrected chi connectivity index (χ2v) is 7.63. The van der Waals surface area contributed by atoms with Crippen molar-refractivity contribution in [3.05, 3.63) is 65.5 Å². The summed E-state index contributed by atoms with van der Waals surface area (Å²) in [5.41, 5.74) is 0.845. The highest BCUT2D eigenvalue weighted by atomic mass is 19.1. The minimum absolute atomic E-state index is 0.117. The third-order valence-corrected chi connectivity index (χ3v) is 5.73. The van der Waals surface area contributed by atoms with E-state index < -0.39 is 5.60 Å². The molecule has 0 saturated carbocycles. The SMILES string of the molecule is CN1CCC2(CCC1=O)CC(NC(=O)c1ccc(F)cc1)c1ccccc1O2. The molecule has 2 unspecified atom stereocenters. The molecule has 2 atom stereocenters. The lowest BCUT2D eigenvalue weighted by atomic mass is 9.82. The van der Waals surface area contributed by atoms with Crippen LogP contribution in [0.3, 0.4) is 0 Å². The Labute approximate surface area is 163 Å². The van der Waals surface area contributed by atoms with Crippen molar-refractivity contribution in [2.75, 3.05) is 13.6 Å². The number of fused-ring (bicyclic) bond motifs is 1. The molecule has 0 bridgehead atoms. The van der Waals surface area contributed by atoms with Crippen LogP contribution >= 0.6 is 0 Å². The molecule has 2 aliphatic heterocycles. The number of nitrogens with zero attached hydrogens (tertiary/aromatic N) is 1. The molecule has 6 heteroatoms. The lowest BCUT2D eigenvalue weighted by Gasteiger charge is -2.42. The summed E-state index contributed by atoms with van der Waals surface area (Å²) in [5.74, 6) is 0.235. The fraction of sp³-hybridized carbons (Fsp3) is 0.364. The molecule has 1 saturated heterocycles.